The Hall–Kier alpha value is -1.23. The minimum atomic E-state index is -0.110. The van der Waals surface area contributed by atoms with E-state index in [2.05, 4.69) is 10.6 Å². The van der Waals surface area contributed by atoms with Gasteiger partial charge in [-0.1, -0.05) is 12.8 Å². The van der Waals surface area contributed by atoms with Gasteiger partial charge in [-0.2, -0.15) is 0 Å². The fourth-order valence-electron chi connectivity index (χ4n) is 2.24. The van der Waals surface area contributed by atoms with Gasteiger partial charge in [-0.05, 0) is 24.8 Å². The highest BCUT2D eigenvalue weighted by Crippen LogP contribution is 2.31. The Morgan fingerprint density at radius 2 is 2.24 bits per heavy atom. The molecule has 1 aliphatic rings. The van der Waals surface area contributed by atoms with E-state index >= 15 is 0 Å². The molecule has 1 heterocycles. The van der Waals surface area contributed by atoms with E-state index < -0.39 is 0 Å². The van der Waals surface area contributed by atoms with Gasteiger partial charge in [0, 0.05) is 13.6 Å². The minimum absolute atomic E-state index is 0.110. The highest BCUT2D eigenvalue weighted by Gasteiger charge is 2.16. The number of hydrogen-bond donors (Lipinski definition) is 3. The van der Waals surface area contributed by atoms with Crippen LogP contribution in [0.1, 0.15) is 35.4 Å². The van der Waals surface area contributed by atoms with E-state index in [1.807, 2.05) is 6.07 Å². The molecule has 0 aliphatic heterocycles. The zero-order chi connectivity index (χ0) is 12.3. The number of carbonyl (C=O) groups excluding carboxylic acids is 1. The molecular weight excluding hydrogens is 234 g/mol. The lowest BCUT2D eigenvalue weighted by Gasteiger charge is -2.09. The fraction of sp³-hybridized carbons (Fsp3) is 0.583. The molecule has 0 saturated heterocycles. The number of thiophene rings is 1. The first kappa shape index (κ1) is 12.2. The summed E-state index contributed by atoms with van der Waals surface area (Å²) in [4.78, 5) is 12.1. The summed E-state index contributed by atoms with van der Waals surface area (Å²) >= 11 is 1.43. The van der Waals surface area contributed by atoms with E-state index in [4.69, 9.17) is 5.73 Å². The molecule has 0 spiro atoms. The Bertz CT molecular complexity index is 396. The third kappa shape index (κ3) is 2.91. The van der Waals surface area contributed by atoms with Gasteiger partial charge < -0.3 is 16.4 Å². The van der Waals surface area contributed by atoms with E-state index in [0.29, 0.717) is 10.6 Å². The Morgan fingerprint density at radius 1 is 1.53 bits per heavy atom. The van der Waals surface area contributed by atoms with Crippen LogP contribution in [-0.2, 0) is 0 Å². The van der Waals surface area contributed by atoms with Crippen LogP contribution in [0.5, 0.6) is 0 Å². The van der Waals surface area contributed by atoms with Crippen molar-refractivity contribution in [3.8, 4) is 0 Å². The summed E-state index contributed by atoms with van der Waals surface area (Å²) in [6, 6.07) is 1.85. The molecule has 2 rings (SSSR count). The summed E-state index contributed by atoms with van der Waals surface area (Å²) < 4.78 is 0. The number of hydrogen-bond acceptors (Lipinski definition) is 4. The van der Waals surface area contributed by atoms with Crippen molar-refractivity contribution < 1.29 is 4.79 Å². The van der Waals surface area contributed by atoms with Crippen molar-refractivity contribution in [3.63, 3.8) is 0 Å². The second-order valence-corrected chi connectivity index (χ2v) is 5.56. The summed E-state index contributed by atoms with van der Waals surface area (Å²) in [5.74, 6) is 0.670. The summed E-state index contributed by atoms with van der Waals surface area (Å²) in [5.41, 5.74) is 6.37. The normalized spacial score (nSPS) is 16.1. The van der Waals surface area contributed by atoms with E-state index in [1.54, 1.807) is 7.05 Å². The number of amides is 1. The zero-order valence-electron chi connectivity index (χ0n) is 10.1. The van der Waals surface area contributed by atoms with Crippen molar-refractivity contribution in [2.75, 3.05) is 24.6 Å². The topological polar surface area (TPSA) is 67.2 Å². The third-order valence-electron chi connectivity index (χ3n) is 3.23. The fourth-order valence-corrected chi connectivity index (χ4v) is 3.18. The molecule has 0 unspecified atom stereocenters. The van der Waals surface area contributed by atoms with Gasteiger partial charge in [-0.15, -0.1) is 11.3 Å². The molecule has 4 N–H and O–H groups in total. The van der Waals surface area contributed by atoms with Crippen LogP contribution in [-0.4, -0.2) is 19.5 Å². The Kier molecular flexibility index (Phi) is 3.89. The Labute approximate surface area is 106 Å². The number of carbonyl (C=O) groups is 1. The van der Waals surface area contributed by atoms with Crippen molar-refractivity contribution in [3.05, 3.63) is 10.9 Å². The lowest BCUT2D eigenvalue weighted by Crippen LogP contribution is -2.17. The second kappa shape index (κ2) is 5.40. The van der Waals surface area contributed by atoms with Crippen molar-refractivity contribution in [1.29, 1.82) is 0 Å². The lowest BCUT2D eigenvalue weighted by atomic mass is 10.1. The minimum Gasteiger partial charge on any atom is -0.397 e. The highest BCUT2D eigenvalue weighted by molar-refractivity contribution is 7.18. The summed E-state index contributed by atoms with van der Waals surface area (Å²) in [5, 5.41) is 6.98. The van der Waals surface area contributed by atoms with Gasteiger partial charge in [0.05, 0.1) is 10.7 Å². The van der Waals surface area contributed by atoms with Crippen LogP contribution in [0, 0.1) is 5.92 Å². The molecular formula is C12H19N3OS. The number of anilines is 2. The van der Waals surface area contributed by atoms with Gasteiger partial charge in [0.1, 0.15) is 4.88 Å². The average Bonchev–Trinajstić information content (AvgIpc) is 2.94. The van der Waals surface area contributed by atoms with E-state index in [9.17, 15) is 4.79 Å². The van der Waals surface area contributed by atoms with Crippen LogP contribution in [0.25, 0.3) is 0 Å². The number of nitrogen functional groups attached to an aromatic ring is 1. The summed E-state index contributed by atoms with van der Waals surface area (Å²) in [7, 11) is 1.62. The van der Waals surface area contributed by atoms with Crippen molar-refractivity contribution in [1.82, 2.24) is 5.32 Å². The molecule has 1 amide bonds. The predicted molar refractivity (Wildman–Crippen MR) is 72.6 cm³/mol. The zero-order valence-corrected chi connectivity index (χ0v) is 10.9. The lowest BCUT2D eigenvalue weighted by molar-refractivity contribution is 0.0968. The smallest absolute Gasteiger partial charge is 0.263 e. The summed E-state index contributed by atoms with van der Waals surface area (Å²) in [6.07, 6.45) is 5.33. The van der Waals surface area contributed by atoms with Crippen LogP contribution in [0.2, 0.25) is 0 Å². The van der Waals surface area contributed by atoms with Crippen LogP contribution in [0.15, 0.2) is 6.07 Å². The molecule has 4 nitrogen and oxygen atoms in total. The molecule has 1 aromatic heterocycles. The number of rotatable bonds is 4. The quantitative estimate of drug-likeness (QED) is 0.771. The first-order valence-corrected chi connectivity index (χ1v) is 6.87. The van der Waals surface area contributed by atoms with Crippen LogP contribution in [0.3, 0.4) is 0 Å². The van der Waals surface area contributed by atoms with E-state index in [0.717, 1.165) is 17.5 Å². The van der Waals surface area contributed by atoms with Gasteiger partial charge in [-0.3, -0.25) is 4.79 Å². The predicted octanol–water partition coefficient (Wildman–Crippen LogP) is 2.29. The first-order valence-electron chi connectivity index (χ1n) is 6.06. The van der Waals surface area contributed by atoms with Gasteiger partial charge in [0.25, 0.3) is 5.91 Å². The molecule has 0 bridgehead atoms. The maximum Gasteiger partial charge on any atom is 0.263 e. The van der Waals surface area contributed by atoms with Crippen LogP contribution < -0.4 is 16.4 Å². The second-order valence-electron chi connectivity index (χ2n) is 4.51. The maximum atomic E-state index is 11.5. The van der Waals surface area contributed by atoms with Crippen LogP contribution in [0.4, 0.5) is 10.7 Å². The monoisotopic (exact) mass is 253 g/mol. The number of nitrogens with two attached hydrogens (primary N) is 1. The Morgan fingerprint density at radius 3 is 2.88 bits per heavy atom. The molecule has 1 aromatic rings. The molecule has 1 fully saturated rings. The molecule has 0 radical (unpaired) electrons. The van der Waals surface area contributed by atoms with E-state index in [1.165, 1.54) is 37.0 Å². The van der Waals surface area contributed by atoms with Gasteiger partial charge in [-0.25, -0.2) is 0 Å². The standard InChI is InChI=1S/C12H19N3OS/c1-14-12(16)11-9(13)6-10(17-11)15-7-8-4-2-3-5-8/h6,8,15H,2-5,7,13H2,1H3,(H,14,16). The van der Waals surface area contributed by atoms with E-state index in [-0.39, 0.29) is 5.91 Å². The molecule has 94 valence electrons. The number of nitrogens with one attached hydrogen (secondary N) is 2. The highest BCUT2D eigenvalue weighted by atomic mass is 32.1. The van der Waals surface area contributed by atoms with Crippen molar-refractivity contribution in [2.24, 2.45) is 5.92 Å². The summed E-state index contributed by atoms with van der Waals surface area (Å²) in [6.45, 7) is 0.993. The SMILES string of the molecule is CNC(=O)c1sc(NCC2CCCC2)cc1N. The molecule has 1 aliphatic carbocycles. The molecule has 0 atom stereocenters. The van der Waals surface area contributed by atoms with Crippen LogP contribution >= 0.6 is 11.3 Å². The first-order chi connectivity index (χ1) is 8.20. The molecule has 0 aromatic carbocycles. The Balaban J connectivity index is 1.94. The maximum absolute atomic E-state index is 11.5. The molecule has 5 heteroatoms. The third-order valence-corrected chi connectivity index (χ3v) is 4.34. The largest absolute Gasteiger partial charge is 0.397 e. The van der Waals surface area contributed by atoms with Crippen molar-refractivity contribution in [2.45, 2.75) is 25.7 Å². The average molecular weight is 253 g/mol. The van der Waals surface area contributed by atoms with Gasteiger partial charge in [0.2, 0.25) is 0 Å². The van der Waals surface area contributed by atoms with Gasteiger partial charge in [0.15, 0.2) is 0 Å². The van der Waals surface area contributed by atoms with Gasteiger partial charge >= 0.3 is 0 Å². The molecule has 17 heavy (non-hydrogen) atoms. The van der Waals surface area contributed by atoms with Crippen molar-refractivity contribution >= 4 is 27.9 Å². The molecule has 1 saturated carbocycles.